The monoisotopic (exact) mass is 259 g/mol. The summed E-state index contributed by atoms with van der Waals surface area (Å²) in [6, 6.07) is 12.0. The first-order valence-corrected chi connectivity index (χ1v) is 5.56. The minimum atomic E-state index is -0.129. The minimum Gasteiger partial charge on any atom is -0.439 e. The van der Waals surface area contributed by atoms with Crippen LogP contribution in [0.3, 0.4) is 0 Å². The van der Waals surface area contributed by atoms with Gasteiger partial charge >= 0.3 is 0 Å². The highest BCUT2D eigenvalue weighted by Crippen LogP contribution is 2.23. The molecule has 0 radical (unpaired) electrons. The van der Waals surface area contributed by atoms with Gasteiger partial charge in [-0.2, -0.15) is 0 Å². The summed E-state index contributed by atoms with van der Waals surface area (Å²) < 4.78 is 5.57. The summed E-state index contributed by atoms with van der Waals surface area (Å²) in [5, 5.41) is 20.7. The lowest BCUT2D eigenvalue weighted by atomic mass is 10.2. The minimum absolute atomic E-state index is 0.0964. The average Bonchev–Trinajstić information content (AvgIpc) is 2.47. The van der Waals surface area contributed by atoms with Crippen molar-refractivity contribution in [2.24, 2.45) is 10.9 Å². The van der Waals surface area contributed by atoms with E-state index in [0.717, 1.165) is 0 Å². The second-order valence-electron chi connectivity index (χ2n) is 3.71. The lowest BCUT2D eigenvalue weighted by Crippen LogP contribution is -2.14. The summed E-state index contributed by atoms with van der Waals surface area (Å²) in [6.07, 6.45) is 0. The third kappa shape index (κ3) is 2.99. The number of benzene rings is 1. The number of aliphatic hydroxyl groups is 1. The van der Waals surface area contributed by atoms with Crippen LogP contribution >= 0.6 is 0 Å². The molecule has 0 amide bonds. The molecule has 2 rings (SSSR count). The van der Waals surface area contributed by atoms with Crippen molar-refractivity contribution in [1.29, 1.82) is 0 Å². The lowest BCUT2D eigenvalue weighted by Gasteiger charge is -2.09. The number of ether oxygens (including phenoxy) is 1. The van der Waals surface area contributed by atoms with Crippen molar-refractivity contribution in [3.8, 4) is 11.6 Å². The van der Waals surface area contributed by atoms with E-state index in [4.69, 9.17) is 15.7 Å². The van der Waals surface area contributed by atoms with Gasteiger partial charge in [-0.05, 0) is 12.1 Å². The highest BCUT2D eigenvalue weighted by molar-refractivity contribution is 5.95. The van der Waals surface area contributed by atoms with Gasteiger partial charge in [0, 0.05) is 11.6 Å². The zero-order valence-electron chi connectivity index (χ0n) is 10.0. The molecule has 0 aliphatic rings. The summed E-state index contributed by atoms with van der Waals surface area (Å²) in [5.41, 5.74) is 6.41. The lowest BCUT2D eigenvalue weighted by molar-refractivity contribution is 0.276. The van der Waals surface area contributed by atoms with Crippen LogP contribution in [0, 0.1) is 0 Å². The molecule has 98 valence electrons. The van der Waals surface area contributed by atoms with E-state index in [0.29, 0.717) is 22.9 Å². The first-order valence-electron chi connectivity index (χ1n) is 5.56. The summed E-state index contributed by atoms with van der Waals surface area (Å²) >= 11 is 0. The number of aromatic nitrogens is 1. The number of pyridine rings is 1. The number of para-hydroxylation sites is 1. The van der Waals surface area contributed by atoms with Gasteiger partial charge in [-0.25, -0.2) is 4.98 Å². The Morgan fingerprint density at radius 2 is 2.00 bits per heavy atom. The Morgan fingerprint density at radius 1 is 1.21 bits per heavy atom. The van der Waals surface area contributed by atoms with Crippen LogP contribution in [0.25, 0.3) is 0 Å². The normalized spacial score (nSPS) is 11.3. The maximum absolute atomic E-state index is 9.20. The molecule has 6 nitrogen and oxygen atoms in total. The number of rotatable bonds is 4. The first kappa shape index (κ1) is 12.8. The molecule has 1 aromatic heterocycles. The van der Waals surface area contributed by atoms with Crippen molar-refractivity contribution in [2.75, 3.05) is 0 Å². The number of nitrogens with two attached hydrogens (primary N) is 1. The molecule has 4 N–H and O–H groups in total. The molecule has 1 aromatic carbocycles. The standard InChI is InChI=1S/C13H13N3O3/c14-13(16-18)10-5-3-7-12(15-10)19-11-6-2-1-4-9(11)8-17/h1-7,17-18H,8H2,(H2,14,16). The van der Waals surface area contributed by atoms with Gasteiger partial charge in [0.25, 0.3) is 0 Å². The van der Waals surface area contributed by atoms with E-state index in [2.05, 4.69) is 10.1 Å². The molecule has 0 spiro atoms. The highest BCUT2D eigenvalue weighted by atomic mass is 16.5. The van der Waals surface area contributed by atoms with E-state index in [9.17, 15) is 5.11 Å². The summed E-state index contributed by atoms with van der Waals surface area (Å²) in [4.78, 5) is 4.09. The fourth-order valence-corrected chi connectivity index (χ4v) is 1.51. The smallest absolute Gasteiger partial charge is 0.219 e. The molecule has 0 saturated heterocycles. The van der Waals surface area contributed by atoms with Gasteiger partial charge in [-0.15, -0.1) is 0 Å². The third-order valence-electron chi connectivity index (χ3n) is 2.45. The quantitative estimate of drug-likeness (QED) is 0.334. The fourth-order valence-electron chi connectivity index (χ4n) is 1.51. The molecule has 0 aliphatic heterocycles. The highest BCUT2D eigenvalue weighted by Gasteiger charge is 2.06. The zero-order valence-corrected chi connectivity index (χ0v) is 10.0. The molecule has 0 saturated carbocycles. The van der Waals surface area contributed by atoms with Crippen molar-refractivity contribution in [3.63, 3.8) is 0 Å². The molecule has 0 unspecified atom stereocenters. The van der Waals surface area contributed by atoms with E-state index in [-0.39, 0.29) is 12.4 Å². The topological polar surface area (TPSA) is 101 Å². The third-order valence-corrected chi connectivity index (χ3v) is 2.45. The summed E-state index contributed by atoms with van der Waals surface area (Å²) in [7, 11) is 0. The Morgan fingerprint density at radius 3 is 2.74 bits per heavy atom. The van der Waals surface area contributed by atoms with Crippen LogP contribution in [0.1, 0.15) is 11.3 Å². The molecular weight excluding hydrogens is 246 g/mol. The maximum Gasteiger partial charge on any atom is 0.219 e. The fraction of sp³-hybridized carbons (Fsp3) is 0.0769. The van der Waals surface area contributed by atoms with E-state index in [1.54, 1.807) is 42.5 Å². The Balaban J connectivity index is 2.28. The molecule has 0 bridgehead atoms. The Bertz CT molecular complexity index is 599. The number of amidine groups is 1. The number of hydrogen-bond donors (Lipinski definition) is 3. The summed E-state index contributed by atoms with van der Waals surface area (Å²) in [6.45, 7) is -0.129. The van der Waals surface area contributed by atoms with Gasteiger partial charge < -0.3 is 20.8 Å². The Kier molecular flexibility index (Phi) is 3.94. The van der Waals surface area contributed by atoms with E-state index < -0.39 is 0 Å². The van der Waals surface area contributed by atoms with Crippen LogP contribution in [0.5, 0.6) is 11.6 Å². The molecule has 0 atom stereocenters. The van der Waals surface area contributed by atoms with Crippen molar-refractivity contribution < 1.29 is 15.1 Å². The van der Waals surface area contributed by atoms with E-state index in [1.165, 1.54) is 0 Å². The second kappa shape index (κ2) is 5.83. The number of aliphatic hydroxyl groups excluding tert-OH is 1. The van der Waals surface area contributed by atoms with Crippen molar-refractivity contribution in [1.82, 2.24) is 4.98 Å². The molecule has 19 heavy (non-hydrogen) atoms. The van der Waals surface area contributed by atoms with Gasteiger partial charge in [-0.3, -0.25) is 0 Å². The average molecular weight is 259 g/mol. The molecule has 6 heteroatoms. The van der Waals surface area contributed by atoms with Crippen LogP contribution in [-0.4, -0.2) is 21.1 Å². The van der Waals surface area contributed by atoms with Gasteiger partial charge in [0.1, 0.15) is 11.4 Å². The first-order chi connectivity index (χ1) is 9.24. The van der Waals surface area contributed by atoms with Crippen molar-refractivity contribution in [3.05, 3.63) is 53.7 Å². The molecule has 2 aromatic rings. The van der Waals surface area contributed by atoms with Gasteiger partial charge in [0.2, 0.25) is 5.88 Å². The van der Waals surface area contributed by atoms with Crippen LogP contribution in [0.15, 0.2) is 47.6 Å². The van der Waals surface area contributed by atoms with Crippen LogP contribution < -0.4 is 10.5 Å². The molecule has 0 aliphatic carbocycles. The van der Waals surface area contributed by atoms with Gasteiger partial charge in [0.15, 0.2) is 5.84 Å². The van der Waals surface area contributed by atoms with Gasteiger partial charge in [0.05, 0.1) is 6.61 Å². The van der Waals surface area contributed by atoms with Crippen LogP contribution in [0.4, 0.5) is 0 Å². The van der Waals surface area contributed by atoms with Gasteiger partial charge in [-0.1, -0.05) is 29.4 Å². The number of hydrogen-bond acceptors (Lipinski definition) is 5. The maximum atomic E-state index is 9.20. The predicted octanol–water partition coefficient (Wildman–Crippen LogP) is 1.46. The Hall–Kier alpha value is -2.60. The zero-order chi connectivity index (χ0) is 13.7. The summed E-state index contributed by atoms with van der Waals surface area (Å²) in [5.74, 6) is 0.708. The second-order valence-corrected chi connectivity index (χ2v) is 3.71. The molecule has 1 heterocycles. The van der Waals surface area contributed by atoms with E-state index >= 15 is 0 Å². The molecular formula is C13H13N3O3. The van der Waals surface area contributed by atoms with Crippen molar-refractivity contribution in [2.45, 2.75) is 6.61 Å². The Labute approximate surface area is 109 Å². The van der Waals surface area contributed by atoms with Crippen LogP contribution in [-0.2, 0) is 6.61 Å². The van der Waals surface area contributed by atoms with Crippen LogP contribution in [0.2, 0.25) is 0 Å². The SMILES string of the molecule is NC(=NO)c1cccc(Oc2ccccc2CO)n1. The number of nitrogens with zero attached hydrogens (tertiary/aromatic N) is 2. The van der Waals surface area contributed by atoms with Crippen molar-refractivity contribution >= 4 is 5.84 Å². The van der Waals surface area contributed by atoms with E-state index in [1.807, 2.05) is 0 Å². The predicted molar refractivity (Wildman–Crippen MR) is 69.2 cm³/mol. The molecule has 0 fully saturated rings. The largest absolute Gasteiger partial charge is 0.439 e. The number of oxime groups is 1.